The molecule has 2 N–H and O–H groups in total. The molecule has 4 heteroatoms. The fourth-order valence-corrected chi connectivity index (χ4v) is 1.38. The van der Waals surface area contributed by atoms with Gasteiger partial charge in [0.05, 0.1) is 6.20 Å². The molecule has 0 aliphatic heterocycles. The first-order valence-electron chi connectivity index (χ1n) is 4.74. The summed E-state index contributed by atoms with van der Waals surface area (Å²) in [7, 11) is 0. The van der Waals surface area contributed by atoms with E-state index >= 15 is 0 Å². The highest BCUT2D eigenvalue weighted by atomic mass is 15.2. The molecule has 2 aromatic heterocycles. The number of aromatic nitrogens is 3. The fraction of sp³-hybridized carbons (Fsp3) is 0.400. The second-order valence-electron chi connectivity index (χ2n) is 3.68. The highest BCUT2D eigenvalue weighted by Crippen LogP contribution is 2.14. The molecule has 0 spiro atoms. The molecular weight excluding hydrogens is 176 g/mol. The first kappa shape index (κ1) is 9.15. The predicted molar refractivity (Wildman–Crippen MR) is 55.0 cm³/mol. The molecule has 0 radical (unpaired) electrons. The van der Waals surface area contributed by atoms with Gasteiger partial charge in [0, 0.05) is 24.5 Å². The zero-order chi connectivity index (χ0) is 10.1. The second-order valence-corrected chi connectivity index (χ2v) is 3.68. The lowest BCUT2D eigenvalue weighted by Crippen LogP contribution is -1.99. The molecule has 0 aliphatic rings. The number of hydrogen-bond acceptors (Lipinski definition) is 3. The molecule has 0 unspecified atom stereocenters. The van der Waals surface area contributed by atoms with Gasteiger partial charge in [-0.2, -0.15) is 5.10 Å². The summed E-state index contributed by atoms with van der Waals surface area (Å²) in [6, 6.07) is 0. The Labute approximate surface area is 82.8 Å². The van der Waals surface area contributed by atoms with Gasteiger partial charge >= 0.3 is 0 Å². The summed E-state index contributed by atoms with van der Waals surface area (Å²) in [5.74, 6) is 0.470. The third kappa shape index (κ3) is 1.37. The van der Waals surface area contributed by atoms with Gasteiger partial charge < -0.3 is 5.73 Å². The van der Waals surface area contributed by atoms with Gasteiger partial charge in [0.25, 0.3) is 0 Å². The monoisotopic (exact) mass is 190 g/mol. The largest absolute Gasteiger partial charge is 0.326 e. The maximum absolute atomic E-state index is 5.56. The lowest BCUT2D eigenvalue weighted by atomic mass is 10.1. The van der Waals surface area contributed by atoms with E-state index in [1.165, 1.54) is 5.56 Å². The van der Waals surface area contributed by atoms with Gasteiger partial charge in [0.15, 0.2) is 5.65 Å². The van der Waals surface area contributed by atoms with E-state index in [1.54, 1.807) is 10.7 Å². The molecule has 74 valence electrons. The van der Waals surface area contributed by atoms with Crippen LogP contribution in [0.3, 0.4) is 0 Å². The number of fused-ring (bicyclic) bond motifs is 1. The molecule has 2 heterocycles. The van der Waals surface area contributed by atoms with E-state index in [0.29, 0.717) is 12.5 Å². The summed E-state index contributed by atoms with van der Waals surface area (Å²) in [5.41, 5.74) is 8.59. The molecule has 0 fully saturated rings. The van der Waals surface area contributed by atoms with Crippen LogP contribution in [0.1, 0.15) is 30.9 Å². The van der Waals surface area contributed by atoms with E-state index in [2.05, 4.69) is 23.9 Å². The van der Waals surface area contributed by atoms with Crippen LogP contribution in [0.25, 0.3) is 5.65 Å². The minimum absolute atomic E-state index is 0.470. The van der Waals surface area contributed by atoms with Gasteiger partial charge in [0.1, 0.15) is 0 Å². The molecule has 4 nitrogen and oxygen atoms in total. The Kier molecular flexibility index (Phi) is 2.21. The van der Waals surface area contributed by atoms with Crippen molar-refractivity contribution in [2.45, 2.75) is 26.3 Å². The smallest absolute Gasteiger partial charge is 0.159 e. The molecule has 0 aliphatic carbocycles. The molecule has 2 rings (SSSR count). The Morgan fingerprint density at radius 2 is 2.21 bits per heavy atom. The van der Waals surface area contributed by atoms with Crippen LogP contribution in [0.5, 0.6) is 0 Å². The third-order valence-corrected chi connectivity index (χ3v) is 2.34. The zero-order valence-electron chi connectivity index (χ0n) is 8.44. The Bertz CT molecular complexity index is 444. The Hall–Kier alpha value is -1.42. The molecule has 0 amide bonds. The van der Waals surface area contributed by atoms with Gasteiger partial charge in [-0.05, 0) is 11.5 Å². The average Bonchev–Trinajstić information content (AvgIpc) is 2.59. The van der Waals surface area contributed by atoms with Gasteiger partial charge in [-0.25, -0.2) is 9.50 Å². The van der Waals surface area contributed by atoms with E-state index < -0.39 is 0 Å². The summed E-state index contributed by atoms with van der Waals surface area (Å²) >= 11 is 0. The van der Waals surface area contributed by atoms with Crippen LogP contribution < -0.4 is 5.73 Å². The van der Waals surface area contributed by atoms with Crippen LogP contribution in [0.2, 0.25) is 0 Å². The number of nitrogens with two attached hydrogens (primary N) is 1. The molecule has 2 aromatic rings. The highest BCUT2D eigenvalue weighted by Gasteiger charge is 2.05. The summed E-state index contributed by atoms with van der Waals surface area (Å²) in [6.45, 7) is 4.75. The van der Waals surface area contributed by atoms with Crippen molar-refractivity contribution in [1.29, 1.82) is 0 Å². The quantitative estimate of drug-likeness (QED) is 0.776. The van der Waals surface area contributed by atoms with Crippen LogP contribution in [0.15, 0.2) is 18.6 Å². The van der Waals surface area contributed by atoms with Crippen LogP contribution in [0, 0.1) is 0 Å². The fourth-order valence-electron chi connectivity index (χ4n) is 1.38. The SMILES string of the molecule is CC(C)c1cnc2c(CN)cnn2c1. The van der Waals surface area contributed by atoms with E-state index in [-0.39, 0.29) is 0 Å². The maximum Gasteiger partial charge on any atom is 0.159 e. The standard InChI is InChI=1S/C10H14N4/c1-7(2)9-4-12-10-8(3-11)5-13-14(10)6-9/h4-7H,3,11H2,1-2H3. The zero-order valence-corrected chi connectivity index (χ0v) is 8.44. The average molecular weight is 190 g/mol. The first-order chi connectivity index (χ1) is 6.72. The molecule has 0 aromatic carbocycles. The van der Waals surface area contributed by atoms with E-state index in [9.17, 15) is 0 Å². The summed E-state index contributed by atoms with van der Waals surface area (Å²) in [5, 5.41) is 4.21. The van der Waals surface area contributed by atoms with Crippen LogP contribution in [-0.4, -0.2) is 14.6 Å². The molecule has 14 heavy (non-hydrogen) atoms. The van der Waals surface area contributed by atoms with Crippen molar-refractivity contribution in [3.63, 3.8) is 0 Å². The minimum Gasteiger partial charge on any atom is -0.326 e. The van der Waals surface area contributed by atoms with Gasteiger partial charge in [0.2, 0.25) is 0 Å². The van der Waals surface area contributed by atoms with E-state index in [0.717, 1.165) is 11.2 Å². The molecule has 0 atom stereocenters. The van der Waals surface area contributed by atoms with Crippen molar-refractivity contribution >= 4 is 5.65 Å². The lowest BCUT2D eigenvalue weighted by Gasteiger charge is -2.04. The minimum atomic E-state index is 0.470. The number of hydrogen-bond donors (Lipinski definition) is 1. The van der Waals surface area contributed by atoms with Crippen LogP contribution in [-0.2, 0) is 6.54 Å². The third-order valence-electron chi connectivity index (χ3n) is 2.34. The molecule has 0 saturated heterocycles. The van der Waals surface area contributed by atoms with Gasteiger partial charge in [-0.3, -0.25) is 0 Å². The molecule has 0 bridgehead atoms. The Morgan fingerprint density at radius 1 is 1.43 bits per heavy atom. The first-order valence-corrected chi connectivity index (χ1v) is 4.74. The topological polar surface area (TPSA) is 56.2 Å². The highest BCUT2D eigenvalue weighted by molar-refractivity contribution is 5.46. The van der Waals surface area contributed by atoms with Gasteiger partial charge in [-0.1, -0.05) is 13.8 Å². The van der Waals surface area contributed by atoms with Gasteiger partial charge in [-0.15, -0.1) is 0 Å². The predicted octanol–water partition coefficient (Wildman–Crippen LogP) is 1.31. The summed E-state index contributed by atoms with van der Waals surface area (Å²) < 4.78 is 1.79. The Balaban J connectivity index is 2.57. The maximum atomic E-state index is 5.56. The lowest BCUT2D eigenvalue weighted by molar-refractivity contribution is 0.821. The normalized spacial score (nSPS) is 11.4. The van der Waals surface area contributed by atoms with Crippen molar-refractivity contribution in [2.75, 3.05) is 0 Å². The van der Waals surface area contributed by atoms with Crippen LogP contribution >= 0.6 is 0 Å². The second kappa shape index (κ2) is 3.38. The van der Waals surface area contributed by atoms with Crippen LogP contribution in [0.4, 0.5) is 0 Å². The number of nitrogens with zero attached hydrogens (tertiary/aromatic N) is 3. The molecule has 0 saturated carbocycles. The summed E-state index contributed by atoms with van der Waals surface area (Å²) in [4.78, 5) is 4.35. The summed E-state index contributed by atoms with van der Waals surface area (Å²) in [6.07, 6.45) is 5.67. The van der Waals surface area contributed by atoms with Crippen molar-refractivity contribution in [1.82, 2.24) is 14.6 Å². The van der Waals surface area contributed by atoms with Crippen molar-refractivity contribution in [2.24, 2.45) is 5.73 Å². The van der Waals surface area contributed by atoms with Crippen molar-refractivity contribution in [3.8, 4) is 0 Å². The number of rotatable bonds is 2. The molecular formula is C10H14N4. The van der Waals surface area contributed by atoms with Crippen molar-refractivity contribution < 1.29 is 0 Å². The van der Waals surface area contributed by atoms with E-state index in [4.69, 9.17) is 5.73 Å². The van der Waals surface area contributed by atoms with E-state index in [1.807, 2.05) is 12.4 Å². The van der Waals surface area contributed by atoms with Crippen molar-refractivity contribution in [3.05, 3.63) is 29.7 Å². The Morgan fingerprint density at radius 3 is 2.86 bits per heavy atom.